The summed E-state index contributed by atoms with van der Waals surface area (Å²) in [5.74, 6) is -1.27. The molecular formula is C14H17NO4. The molecule has 0 aliphatic heterocycles. The van der Waals surface area contributed by atoms with Gasteiger partial charge in [0.1, 0.15) is 0 Å². The topological polar surface area (TPSA) is 75.6 Å². The highest BCUT2D eigenvalue weighted by Crippen LogP contribution is 2.04. The molecule has 1 rings (SSSR count). The fraction of sp³-hybridized carbons (Fsp3) is 0.286. The van der Waals surface area contributed by atoms with Crippen molar-refractivity contribution < 1.29 is 19.4 Å². The molecule has 0 heterocycles. The highest BCUT2D eigenvalue weighted by molar-refractivity contribution is 5.95. The molecule has 1 aromatic carbocycles. The van der Waals surface area contributed by atoms with Crippen LogP contribution in [-0.4, -0.2) is 36.7 Å². The van der Waals surface area contributed by atoms with Crippen LogP contribution >= 0.6 is 0 Å². The van der Waals surface area contributed by atoms with Gasteiger partial charge in [-0.15, -0.1) is 0 Å². The van der Waals surface area contributed by atoms with Crippen LogP contribution in [0.4, 0.5) is 0 Å². The van der Waals surface area contributed by atoms with Crippen molar-refractivity contribution in [3.8, 4) is 0 Å². The number of carbonyl (C=O) groups is 2. The van der Waals surface area contributed by atoms with Gasteiger partial charge >= 0.3 is 5.97 Å². The van der Waals surface area contributed by atoms with Gasteiger partial charge in [-0.1, -0.05) is 12.2 Å². The van der Waals surface area contributed by atoms with Crippen molar-refractivity contribution in [1.82, 2.24) is 5.32 Å². The van der Waals surface area contributed by atoms with Crippen molar-refractivity contribution in [3.63, 3.8) is 0 Å². The average molecular weight is 263 g/mol. The summed E-state index contributed by atoms with van der Waals surface area (Å²) < 4.78 is 5.24. The number of carboxylic acids is 1. The highest BCUT2D eigenvalue weighted by Gasteiger charge is 2.07. The molecule has 0 aliphatic rings. The zero-order chi connectivity index (χ0) is 14.3. The summed E-state index contributed by atoms with van der Waals surface area (Å²) in [5.41, 5.74) is 1.50. The number of hydrogen-bond donors (Lipinski definition) is 2. The molecule has 1 amide bonds. The maximum Gasteiger partial charge on any atom is 0.335 e. The molecular weight excluding hydrogens is 246 g/mol. The molecule has 0 saturated heterocycles. The molecule has 0 aromatic heterocycles. The smallest absolute Gasteiger partial charge is 0.335 e. The van der Waals surface area contributed by atoms with Crippen LogP contribution in [0.2, 0.25) is 0 Å². The number of rotatable bonds is 7. The third kappa shape index (κ3) is 5.35. The van der Waals surface area contributed by atoms with E-state index in [1.807, 2.05) is 6.92 Å². The third-order valence-electron chi connectivity index (χ3n) is 2.27. The van der Waals surface area contributed by atoms with Gasteiger partial charge in [-0.05, 0) is 31.2 Å². The van der Waals surface area contributed by atoms with Crippen molar-refractivity contribution in [1.29, 1.82) is 0 Å². The molecule has 0 saturated carbocycles. The van der Waals surface area contributed by atoms with E-state index in [0.717, 1.165) is 5.57 Å². The van der Waals surface area contributed by atoms with Gasteiger partial charge in [-0.3, -0.25) is 4.79 Å². The number of ether oxygens (including phenoxy) is 1. The van der Waals surface area contributed by atoms with Gasteiger partial charge in [-0.25, -0.2) is 4.79 Å². The first-order chi connectivity index (χ1) is 9.00. The van der Waals surface area contributed by atoms with E-state index in [1.165, 1.54) is 24.3 Å². The Balaban J connectivity index is 2.37. The van der Waals surface area contributed by atoms with Crippen molar-refractivity contribution in [2.45, 2.75) is 6.92 Å². The zero-order valence-corrected chi connectivity index (χ0v) is 10.8. The Morgan fingerprint density at radius 2 is 1.84 bits per heavy atom. The van der Waals surface area contributed by atoms with Gasteiger partial charge in [0, 0.05) is 12.1 Å². The summed E-state index contributed by atoms with van der Waals surface area (Å²) in [6, 6.07) is 5.75. The van der Waals surface area contributed by atoms with Gasteiger partial charge in [-0.2, -0.15) is 0 Å². The van der Waals surface area contributed by atoms with E-state index < -0.39 is 5.97 Å². The lowest BCUT2D eigenvalue weighted by atomic mass is 10.1. The van der Waals surface area contributed by atoms with Crippen molar-refractivity contribution >= 4 is 11.9 Å². The highest BCUT2D eigenvalue weighted by atomic mass is 16.5. The van der Waals surface area contributed by atoms with E-state index in [0.29, 0.717) is 25.3 Å². The van der Waals surface area contributed by atoms with Gasteiger partial charge in [0.2, 0.25) is 0 Å². The molecule has 19 heavy (non-hydrogen) atoms. The Morgan fingerprint density at radius 3 is 2.37 bits per heavy atom. The van der Waals surface area contributed by atoms with E-state index in [2.05, 4.69) is 11.9 Å². The Labute approximate surface area is 111 Å². The molecule has 0 aliphatic carbocycles. The van der Waals surface area contributed by atoms with E-state index in [-0.39, 0.29) is 11.5 Å². The van der Waals surface area contributed by atoms with Crippen LogP contribution in [0.25, 0.3) is 0 Å². The third-order valence-corrected chi connectivity index (χ3v) is 2.27. The molecule has 5 heteroatoms. The summed E-state index contributed by atoms with van der Waals surface area (Å²) in [5, 5.41) is 11.4. The lowest BCUT2D eigenvalue weighted by Gasteiger charge is -2.06. The normalized spacial score (nSPS) is 9.95. The summed E-state index contributed by atoms with van der Waals surface area (Å²) in [6.07, 6.45) is 0. The van der Waals surface area contributed by atoms with Gasteiger partial charge in [0.15, 0.2) is 0 Å². The molecule has 0 fully saturated rings. The maximum absolute atomic E-state index is 11.7. The maximum atomic E-state index is 11.7. The number of carbonyl (C=O) groups excluding carboxylic acids is 1. The second-order valence-corrected chi connectivity index (χ2v) is 4.15. The molecule has 5 nitrogen and oxygen atoms in total. The monoisotopic (exact) mass is 263 g/mol. The predicted octanol–water partition coefficient (Wildman–Crippen LogP) is 1.71. The zero-order valence-electron chi connectivity index (χ0n) is 10.8. The van der Waals surface area contributed by atoms with Gasteiger partial charge < -0.3 is 15.2 Å². The molecule has 0 unspecified atom stereocenters. The number of hydrogen-bond acceptors (Lipinski definition) is 3. The SMILES string of the molecule is C=C(C)COCCNC(=O)c1ccc(C(=O)O)cc1. The largest absolute Gasteiger partial charge is 0.478 e. The van der Waals surface area contributed by atoms with Crippen molar-refractivity contribution in [2.24, 2.45) is 0 Å². The van der Waals surface area contributed by atoms with Crippen LogP contribution < -0.4 is 5.32 Å². The van der Waals surface area contributed by atoms with Crippen LogP contribution in [0.5, 0.6) is 0 Å². The van der Waals surface area contributed by atoms with E-state index in [4.69, 9.17) is 9.84 Å². The summed E-state index contributed by atoms with van der Waals surface area (Å²) >= 11 is 0. The molecule has 0 spiro atoms. The standard InChI is InChI=1S/C14H17NO4/c1-10(2)9-19-8-7-15-13(16)11-3-5-12(6-4-11)14(17)18/h3-6H,1,7-9H2,2H3,(H,15,16)(H,17,18). The van der Waals surface area contributed by atoms with E-state index in [1.54, 1.807) is 0 Å². The second kappa shape index (κ2) is 7.33. The molecule has 0 radical (unpaired) electrons. The molecule has 2 N–H and O–H groups in total. The minimum absolute atomic E-state index is 0.154. The minimum Gasteiger partial charge on any atom is -0.478 e. The number of nitrogens with one attached hydrogen (secondary N) is 1. The molecule has 0 atom stereocenters. The number of carboxylic acid groups (broad SMARTS) is 1. The fourth-order valence-corrected chi connectivity index (χ4v) is 1.35. The van der Waals surface area contributed by atoms with Crippen LogP contribution in [0.1, 0.15) is 27.6 Å². The lowest BCUT2D eigenvalue weighted by molar-refractivity contribution is 0.0696. The Morgan fingerprint density at radius 1 is 1.26 bits per heavy atom. The quantitative estimate of drug-likeness (QED) is 0.580. The number of amides is 1. The molecule has 0 bridgehead atoms. The van der Waals surface area contributed by atoms with Crippen LogP contribution in [-0.2, 0) is 4.74 Å². The first kappa shape index (κ1) is 14.9. The first-order valence-electron chi connectivity index (χ1n) is 5.84. The Bertz CT molecular complexity index is 465. The van der Waals surface area contributed by atoms with Gasteiger partial charge in [0.25, 0.3) is 5.91 Å². The summed E-state index contributed by atoms with van der Waals surface area (Å²) in [4.78, 5) is 22.3. The lowest BCUT2D eigenvalue weighted by Crippen LogP contribution is -2.27. The second-order valence-electron chi connectivity index (χ2n) is 4.15. The summed E-state index contributed by atoms with van der Waals surface area (Å²) in [6.45, 7) is 6.84. The van der Waals surface area contributed by atoms with Crippen LogP contribution in [0, 0.1) is 0 Å². The van der Waals surface area contributed by atoms with Crippen LogP contribution in [0.15, 0.2) is 36.4 Å². The van der Waals surface area contributed by atoms with Crippen molar-refractivity contribution in [3.05, 3.63) is 47.5 Å². The fourth-order valence-electron chi connectivity index (χ4n) is 1.35. The molecule has 102 valence electrons. The molecule has 1 aromatic rings. The first-order valence-corrected chi connectivity index (χ1v) is 5.84. The minimum atomic E-state index is -1.01. The number of benzene rings is 1. The summed E-state index contributed by atoms with van der Waals surface area (Å²) in [7, 11) is 0. The van der Waals surface area contributed by atoms with E-state index in [9.17, 15) is 9.59 Å². The average Bonchev–Trinajstić information content (AvgIpc) is 2.37. The van der Waals surface area contributed by atoms with Gasteiger partial charge in [0.05, 0.1) is 18.8 Å². The number of aromatic carboxylic acids is 1. The van der Waals surface area contributed by atoms with Crippen molar-refractivity contribution in [2.75, 3.05) is 19.8 Å². The Hall–Kier alpha value is -2.14. The van der Waals surface area contributed by atoms with Crippen LogP contribution in [0.3, 0.4) is 0 Å². The predicted molar refractivity (Wildman–Crippen MR) is 71.4 cm³/mol. The van der Waals surface area contributed by atoms with E-state index >= 15 is 0 Å². The Kier molecular flexibility index (Phi) is 5.75.